The van der Waals surface area contributed by atoms with Gasteiger partial charge >= 0.3 is 0 Å². The van der Waals surface area contributed by atoms with Crippen LogP contribution in [0.3, 0.4) is 0 Å². The zero-order valence-electron chi connectivity index (χ0n) is 10.5. The largest absolute Gasteiger partial charge is 0.352 e. The number of halogens is 3. The standard InChI is InChI=1S/C14H16BrClFNO/c15-11-4-1-9(2-5-11)8-18-14(19)10-3-6-13(17)12(16)7-10/h3,6-7,9,11H,1-2,4-5,8H2,(H,18,19). The zero-order valence-corrected chi connectivity index (χ0v) is 12.8. The zero-order chi connectivity index (χ0) is 13.8. The summed E-state index contributed by atoms with van der Waals surface area (Å²) in [7, 11) is 0. The number of alkyl halides is 1. The molecule has 2 nitrogen and oxygen atoms in total. The van der Waals surface area contributed by atoms with Gasteiger partial charge in [0.2, 0.25) is 0 Å². The minimum atomic E-state index is -0.506. The van der Waals surface area contributed by atoms with Gasteiger partial charge in [0.05, 0.1) is 5.02 Å². The molecule has 0 atom stereocenters. The Balaban J connectivity index is 1.85. The van der Waals surface area contributed by atoms with Crippen molar-refractivity contribution in [2.24, 2.45) is 5.92 Å². The summed E-state index contributed by atoms with van der Waals surface area (Å²) in [5.74, 6) is -0.162. The van der Waals surface area contributed by atoms with Gasteiger partial charge in [0.1, 0.15) is 5.82 Å². The van der Waals surface area contributed by atoms with Crippen molar-refractivity contribution >= 4 is 33.4 Å². The molecule has 1 fully saturated rings. The van der Waals surface area contributed by atoms with Crippen molar-refractivity contribution in [2.45, 2.75) is 30.5 Å². The molecule has 1 saturated carbocycles. The summed E-state index contributed by atoms with van der Waals surface area (Å²) in [5, 5.41) is 2.87. The Morgan fingerprint density at radius 1 is 1.37 bits per heavy atom. The van der Waals surface area contributed by atoms with E-state index < -0.39 is 5.82 Å². The highest BCUT2D eigenvalue weighted by molar-refractivity contribution is 9.09. The molecule has 104 valence electrons. The van der Waals surface area contributed by atoms with Crippen LogP contribution < -0.4 is 5.32 Å². The third-order valence-corrected chi connectivity index (χ3v) is 4.71. The second kappa shape index (κ2) is 6.71. The van der Waals surface area contributed by atoms with Gasteiger partial charge in [0.15, 0.2) is 0 Å². The lowest BCUT2D eigenvalue weighted by atomic mass is 9.89. The SMILES string of the molecule is O=C(NCC1CCC(Br)CC1)c1ccc(F)c(Cl)c1. The van der Waals surface area contributed by atoms with E-state index in [1.54, 1.807) is 0 Å². The van der Waals surface area contributed by atoms with E-state index in [4.69, 9.17) is 11.6 Å². The molecular formula is C14H16BrClFNO. The average Bonchev–Trinajstić information content (AvgIpc) is 2.41. The number of benzene rings is 1. The van der Waals surface area contributed by atoms with E-state index in [0.717, 1.165) is 25.7 Å². The van der Waals surface area contributed by atoms with Crippen LogP contribution in [0.5, 0.6) is 0 Å². The lowest BCUT2D eigenvalue weighted by molar-refractivity contribution is 0.0944. The Hall–Kier alpha value is -0.610. The smallest absolute Gasteiger partial charge is 0.251 e. The number of hydrogen-bond donors (Lipinski definition) is 1. The number of carbonyl (C=O) groups is 1. The van der Waals surface area contributed by atoms with Gasteiger partial charge in [-0.2, -0.15) is 0 Å². The van der Waals surface area contributed by atoms with E-state index in [9.17, 15) is 9.18 Å². The molecule has 0 spiro atoms. The first kappa shape index (κ1) is 14.8. The first-order chi connectivity index (χ1) is 9.06. The summed E-state index contributed by atoms with van der Waals surface area (Å²) in [6.45, 7) is 0.674. The van der Waals surface area contributed by atoms with Crippen LogP contribution in [0.1, 0.15) is 36.0 Å². The van der Waals surface area contributed by atoms with Crippen LogP contribution in [0, 0.1) is 11.7 Å². The van der Waals surface area contributed by atoms with E-state index >= 15 is 0 Å². The molecule has 1 aliphatic rings. The van der Waals surface area contributed by atoms with Crippen LogP contribution in [0.15, 0.2) is 18.2 Å². The average molecular weight is 349 g/mol. The molecular weight excluding hydrogens is 333 g/mol. The highest BCUT2D eigenvalue weighted by Gasteiger charge is 2.19. The van der Waals surface area contributed by atoms with Gasteiger partial charge in [-0.1, -0.05) is 27.5 Å². The maximum atomic E-state index is 13.0. The highest BCUT2D eigenvalue weighted by Crippen LogP contribution is 2.28. The maximum absolute atomic E-state index is 13.0. The van der Waals surface area contributed by atoms with Gasteiger partial charge in [0.25, 0.3) is 5.91 Å². The summed E-state index contributed by atoms with van der Waals surface area (Å²) < 4.78 is 13.0. The fourth-order valence-corrected chi connectivity index (χ4v) is 3.01. The molecule has 1 N–H and O–H groups in total. The number of hydrogen-bond acceptors (Lipinski definition) is 1. The number of carbonyl (C=O) groups excluding carboxylic acids is 1. The van der Waals surface area contributed by atoms with E-state index in [0.29, 0.717) is 22.9 Å². The van der Waals surface area contributed by atoms with E-state index in [2.05, 4.69) is 21.2 Å². The molecule has 0 aliphatic heterocycles. The molecule has 0 saturated heterocycles. The molecule has 0 heterocycles. The molecule has 19 heavy (non-hydrogen) atoms. The first-order valence-corrected chi connectivity index (χ1v) is 7.73. The van der Waals surface area contributed by atoms with Crippen LogP contribution in [0.25, 0.3) is 0 Å². The lowest BCUT2D eigenvalue weighted by Crippen LogP contribution is -2.31. The van der Waals surface area contributed by atoms with Crippen molar-refractivity contribution in [1.29, 1.82) is 0 Å². The molecule has 0 aromatic heterocycles. The predicted octanol–water partition coefficient (Wildman–Crippen LogP) is 4.16. The summed E-state index contributed by atoms with van der Waals surface area (Å²) in [4.78, 5) is 12.5. The van der Waals surface area contributed by atoms with Crippen molar-refractivity contribution in [3.8, 4) is 0 Å². The molecule has 1 aromatic carbocycles. The predicted molar refractivity (Wildman–Crippen MR) is 78.4 cm³/mol. The molecule has 1 aliphatic carbocycles. The maximum Gasteiger partial charge on any atom is 0.251 e. The number of rotatable bonds is 3. The summed E-state index contributed by atoms with van der Waals surface area (Å²) in [6.07, 6.45) is 4.56. The number of nitrogens with one attached hydrogen (secondary N) is 1. The number of amides is 1. The quantitative estimate of drug-likeness (QED) is 0.816. The fourth-order valence-electron chi connectivity index (χ4n) is 2.30. The Morgan fingerprint density at radius 3 is 2.68 bits per heavy atom. The Bertz CT molecular complexity index is 461. The van der Waals surface area contributed by atoms with Crippen LogP contribution in [-0.4, -0.2) is 17.3 Å². The third-order valence-electron chi connectivity index (χ3n) is 3.51. The monoisotopic (exact) mass is 347 g/mol. The second-order valence-corrected chi connectivity index (χ2v) is 6.66. The minimum Gasteiger partial charge on any atom is -0.352 e. The van der Waals surface area contributed by atoms with E-state index in [-0.39, 0.29) is 10.9 Å². The summed E-state index contributed by atoms with van der Waals surface area (Å²) in [5.41, 5.74) is 0.403. The van der Waals surface area contributed by atoms with Gasteiger partial charge in [-0.15, -0.1) is 0 Å². The molecule has 5 heteroatoms. The molecule has 0 bridgehead atoms. The van der Waals surface area contributed by atoms with Crippen LogP contribution in [0.4, 0.5) is 4.39 Å². The van der Waals surface area contributed by atoms with Crippen LogP contribution in [0.2, 0.25) is 5.02 Å². The minimum absolute atomic E-state index is 0.0209. The van der Waals surface area contributed by atoms with Gasteiger partial charge < -0.3 is 5.32 Å². The Morgan fingerprint density at radius 2 is 2.05 bits per heavy atom. The van der Waals surface area contributed by atoms with Gasteiger partial charge in [-0.3, -0.25) is 4.79 Å². The fraction of sp³-hybridized carbons (Fsp3) is 0.500. The highest BCUT2D eigenvalue weighted by atomic mass is 79.9. The van der Waals surface area contributed by atoms with Gasteiger partial charge in [0, 0.05) is 16.9 Å². The van der Waals surface area contributed by atoms with Crippen LogP contribution in [-0.2, 0) is 0 Å². The molecule has 1 aromatic rings. The molecule has 1 amide bonds. The molecule has 0 unspecified atom stereocenters. The van der Waals surface area contributed by atoms with Crippen molar-refractivity contribution in [3.05, 3.63) is 34.6 Å². The van der Waals surface area contributed by atoms with E-state index in [1.807, 2.05) is 0 Å². The Kier molecular flexibility index (Phi) is 5.22. The van der Waals surface area contributed by atoms with Gasteiger partial charge in [-0.05, 0) is 49.8 Å². The third kappa shape index (κ3) is 4.18. The Labute approximate surface area is 125 Å². The summed E-state index contributed by atoms with van der Waals surface area (Å²) >= 11 is 9.27. The molecule has 0 radical (unpaired) electrons. The van der Waals surface area contributed by atoms with E-state index in [1.165, 1.54) is 18.2 Å². The topological polar surface area (TPSA) is 29.1 Å². The summed E-state index contributed by atoms with van der Waals surface area (Å²) in [6, 6.07) is 4.03. The molecule has 2 rings (SSSR count). The first-order valence-electron chi connectivity index (χ1n) is 6.43. The van der Waals surface area contributed by atoms with Crippen molar-refractivity contribution in [1.82, 2.24) is 5.32 Å². The van der Waals surface area contributed by atoms with Crippen molar-refractivity contribution in [3.63, 3.8) is 0 Å². The van der Waals surface area contributed by atoms with Crippen molar-refractivity contribution < 1.29 is 9.18 Å². The van der Waals surface area contributed by atoms with Gasteiger partial charge in [-0.25, -0.2) is 4.39 Å². The second-order valence-electron chi connectivity index (χ2n) is 4.96. The van der Waals surface area contributed by atoms with Crippen LogP contribution >= 0.6 is 27.5 Å². The lowest BCUT2D eigenvalue weighted by Gasteiger charge is -2.25. The van der Waals surface area contributed by atoms with Crippen molar-refractivity contribution in [2.75, 3.05) is 6.54 Å². The normalized spacial score (nSPS) is 23.1.